The first-order valence-corrected chi connectivity index (χ1v) is 9.74. The molecule has 0 unspecified atom stereocenters. The first kappa shape index (κ1) is 19.3. The van der Waals surface area contributed by atoms with Crippen molar-refractivity contribution in [2.24, 2.45) is 0 Å². The SMILES string of the molecule is CCCCCCn1c(SCCC(=O)NC(=O)NC)nc2ccccc21. The number of hydrogen-bond acceptors (Lipinski definition) is 4. The predicted molar refractivity (Wildman–Crippen MR) is 102 cm³/mol. The maximum absolute atomic E-state index is 11.7. The Labute approximate surface area is 152 Å². The molecule has 136 valence electrons. The van der Waals surface area contributed by atoms with Crippen LogP contribution in [0.15, 0.2) is 29.4 Å². The number of carbonyl (C=O) groups excluding carboxylic acids is 2. The molecule has 25 heavy (non-hydrogen) atoms. The minimum atomic E-state index is -0.474. The number of para-hydroxylation sites is 2. The number of hydrogen-bond donors (Lipinski definition) is 2. The third kappa shape index (κ3) is 5.77. The zero-order valence-corrected chi connectivity index (χ0v) is 15.7. The van der Waals surface area contributed by atoms with Crippen LogP contribution in [0.3, 0.4) is 0 Å². The van der Waals surface area contributed by atoms with Crippen LogP contribution in [0.1, 0.15) is 39.0 Å². The maximum Gasteiger partial charge on any atom is 0.321 e. The van der Waals surface area contributed by atoms with E-state index >= 15 is 0 Å². The van der Waals surface area contributed by atoms with E-state index in [4.69, 9.17) is 4.98 Å². The summed E-state index contributed by atoms with van der Waals surface area (Å²) in [6.45, 7) is 3.14. The van der Waals surface area contributed by atoms with Crippen LogP contribution in [0.5, 0.6) is 0 Å². The number of nitrogens with one attached hydrogen (secondary N) is 2. The lowest BCUT2D eigenvalue weighted by Gasteiger charge is -2.09. The average Bonchev–Trinajstić information content (AvgIpc) is 2.96. The van der Waals surface area contributed by atoms with Gasteiger partial charge in [0, 0.05) is 25.8 Å². The highest BCUT2D eigenvalue weighted by Gasteiger charge is 2.12. The highest BCUT2D eigenvalue weighted by Crippen LogP contribution is 2.25. The number of carbonyl (C=O) groups is 2. The molecule has 2 rings (SSSR count). The number of thioether (sulfide) groups is 1. The maximum atomic E-state index is 11.7. The van der Waals surface area contributed by atoms with E-state index in [0.29, 0.717) is 5.75 Å². The first-order chi connectivity index (χ1) is 12.2. The monoisotopic (exact) mass is 362 g/mol. The molecule has 0 fully saturated rings. The molecule has 0 radical (unpaired) electrons. The average molecular weight is 362 g/mol. The normalized spacial score (nSPS) is 10.8. The van der Waals surface area contributed by atoms with E-state index < -0.39 is 6.03 Å². The Balaban J connectivity index is 1.98. The van der Waals surface area contributed by atoms with Crippen molar-refractivity contribution < 1.29 is 9.59 Å². The van der Waals surface area contributed by atoms with E-state index in [1.54, 1.807) is 11.8 Å². The molecule has 6 nitrogen and oxygen atoms in total. The number of urea groups is 1. The van der Waals surface area contributed by atoms with Crippen molar-refractivity contribution in [1.82, 2.24) is 20.2 Å². The van der Waals surface area contributed by atoms with E-state index in [0.717, 1.165) is 29.2 Å². The largest absolute Gasteiger partial charge is 0.341 e. The Morgan fingerprint density at radius 2 is 2.00 bits per heavy atom. The summed E-state index contributed by atoms with van der Waals surface area (Å²) in [6, 6.07) is 7.64. The van der Waals surface area contributed by atoms with Crippen LogP contribution >= 0.6 is 11.8 Å². The molecule has 0 saturated heterocycles. The first-order valence-electron chi connectivity index (χ1n) is 8.75. The third-order valence-electron chi connectivity index (χ3n) is 3.90. The van der Waals surface area contributed by atoms with Crippen molar-refractivity contribution >= 4 is 34.7 Å². The number of nitrogens with zero attached hydrogens (tertiary/aromatic N) is 2. The molecular formula is C18H26N4O2S. The van der Waals surface area contributed by atoms with Crippen molar-refractivity contribution in [2.75, 3.05) is 12.8 Å². The molecule has 2 aromatic rings. The lowest BCUT2D eigenvalue weighted by molar-refractivity contribution is -0.119. The van der Waals surface area contributed by atoms with Gasteiger partial charge in [0.25, 0.3) is 0 Å². The molecule has 0 aliphatic rings. The second-order valence-electron chi connectivity index (χ2n) is 5.82. The molecule has 1 aromatic heterocycles. The van der Waals surface area contributed by atoms with E-state index in [1.165, 1.54) is 26.3 Å². The number of rotatable bonds is 9. The number of aromatic nitrogens is 2. The molecule has 0 bridgehead atoms. The molecule has 0 aliphatic carbocycles. The van der Waals surface area contributed by atoms with Crippen LogP contribution in [0.4, 0.5) is 4.79 Å². The standard InChI is InChI=1S/C18H26N4O2S/c1-3-4-5-8-12-22-15-10-7-6-9-14(15)20-18(22)25-13-11-16(23)21-17(24)19-2/h6-7,9-10H,3-5,8,11-13H2,1-2H3,(H2,19,21,23,24). The zero-order chi connectivity index (χ0) is 18.1. The number of fused-ring (bicyclic) bond motifs is 1. The minimum absolute atomic E-state index is 0.275. The summed E-state index contributed by atoms with van der Waals surface area (Å²) in [6.07, 6.45) is 5.07. The highest BCUT2D eigenvalue weighted by molar-refractivity contribution is 7.99. The van der Waals surface area contributed by atoms with Crippen LogP contribution in [0.2, 0.25) is 0 Å². The second kappa shape index (κ2) is 10.1. The van der Waals surface area contributed by atoms with Gasteiger partial charge in [-0.15, -0.1) is 0 Å². The van der Waals surface area contributed by atoms with Crippen molar-refractivity contribution in [3.8, 4) is 0 Å². The van der Waals surface area contributed by atoms with Gasteiger partial charge in [-0.2, -0.15) is 0 Å². The summed E-state index contributed by atoms with van der Waals surface area (Å²) in [7, 11) is 1.48. The van der Waals surface area contributed by atoms with Crippen LogP contribution in [-0.2, 0) is 11.3 Å². The van der Waals surface area contributed by atoms with Crippen molar-refractivity contribution in [2.45, 2.75) is 50.7 Å². The summed E-state index contributed by atoms with van der Waals surface area (Å²) in [4.78, 5) is 27.5. The molecule has 0 atom stereocenters. The van der Waals surface area contributed by atoms with Gasteiger partial charge < -0.3 is 9.88 Å². The van der Waals surface area contributed by atoms with Gasteiger partial charge in [-0.05, 0) is 18.6 Å². The molecule has 1 heterocycles. The van der Waals surface area contributed by atoms with Crippen LogP contribution in [-0.4, -0.2) is 34.3 Å². The van der Waals surface area contributed by atoms with E-state index in [2.05, 4.69) is 28.2 Å². The Hall–Kier alpha value is -2.02. The Morgan fingerprint density at radius 1 is 1.20 bits per heavy atom. The van der Waals surface area contributed by atoms with Gasteiger partial charge in [-0.3, -0.25) is 10.1 Å². The lowest BCUT2D eigenvalue weighted by atomic mass is 10.2. The van der Waals surface area contributed by atoms with E-state index in [1.807, 2.05) is 18.2 Å². The van der Waals surface area contributed by atoms with E-state index in [9.17, 15) is 9.59 Å². The highest BCUT2D eigenvalue weighted by atomic mass is 32.2. The molecule has 2 N–H and O–H groups in total. The van der Waals surface area contributed by atoms with Crippen LogP contribution in [0, 0.1) is 0 Å². The van der Waals surface area contributed by atoms with Gasteiger partial charge in [-0.25, -0.2) is 9.78 Å². The quantitative estimate of drug-likeness (QED) is 0.528. The summed E-state index contributed by atoms with van der Waals surface area (Å²) >= 11 is 1.56. The molecule has 3 amide bonds. The Kier molecular flexibility index (Phi) is 7.78. The molecule has 0 aliphatic heterocycles. The number of unbranched alkanes of at least 4 members (excludes halogenated alkanes) is 3. The fraction of sp³-hybridized carbons (Fsp3) is 0.500. The van der Waals surface area contributed by atoms with Crippen molar-refractivity contribution in [1.29, 1.82) is 0 Å². The number of amides is 3. The van der Waals surface area contributed by atoms with Crippen LogP contribution < -0.4 is 10.6 Å². The topological polar surface area (TPSA) is 76.0 Å². The van der Waals surface area contributed by atoms with Gasteiger partial charge in [0.15, 0.2) is 5.16 Å². The summed E-state index contributed by atoms with van der Waals surface area (Å²) < 4.78 is 2.24. The van der Waals surface area contributed by atoms with Crippen molar-refractivity contribution in [3.05, 3.63) is 24.3 Å². The number of benzene rings is 1. The third-order valence-corrected chi connectivity index (χ3v) is 4.87. The lowest BCUT2D eigenvalue weighted by Crippen LogP contribution is -2.37. The molecule has 7 heteroatoms. The zero-order valence-electron chi connectivity index (χ0n) is 14.9. The van der Waals surface area contributed by atoms with Gasteiger partial charge in [0.1, 0.15) is 0 Å². The van der Waals surface area contributed by atoms with Gasteiger partial charge >= 0.3 is 6.03 Å². The molecule has 1 aromatic carbocycles. The second-order valence-corrected chi connectivity index (χ2v) is 6.88. The summed E-state index contributed by atoms with van der Waals surface area (Å²) in [5.74, 6) is 0.304. The Morgan fingerprint density at radius 3 is 2.76 bits per heavy atom. The minimum Gasteiger partial charge on any atom is -0.341 e. The van der Waals surface area contributed by atoms with Crippen LogP contribution in [0.25, 0.3) is 11.0 Å². The number of imide groups is 1. The molecule has 0 spiro atoms. The fourth-order valence-electron chi connectivity index (χ4n) is 2.56. The van der Waals surface area contributed by atoms with Gasteiger partial charge in [0.2, 0.25) is 5.91 Å². The fourth-order valence-corrected chi connectivity index (χ4v) is 3.54. The van der Waals surface area contributed by atoms with Crippen molar-refractivity contribution in [3.63, 3.8) is 0 Å². The molecular weight excluding hydrogens is 336 g/mol. The smallest absolute Gasteiger partial charge is 0.321 e. The summed E-state index contributed by atoms with van der Waals surface area (Å²) in [5, 5.41) is 5.58. The van der Waals surface area contributed by atoms with Gasteiger partial charge in [-0.1, -0.05) is 50.1 Å². The number of imidazole rings is 1. The Bertz CT molecular complexity index is 714. The predicted octanol–water partition coefficient (Wildman–Crippen LogP) is 3.55. The summed E-state index contributed by atoms with van der Waals surface area (Å²) in [5.41, 5.74) is 2.12. The molecule has 0 saturated carbocycles. The number of aryl methyl sites for hydroxylation is 1. The van der Waals surface area contributed by atoms with Gasteiger partial charge in [0.05, 0.1) is 11.0 Å². The van der Waals surface area contributed by atoms with E-state index in [-0.39, 0.29) is 12.3 Å².